The molecule has 2 heterocycles. The molecule has 1 aliphatic heterocycles. The van der Waals surface area contributed by atoms with E-state index in [-0.39, 0.29) is 18.3 Å². The average Bonchev–Trinajstić information content (AvgIpc) is 2.67. The van der Waals surface area contributed by atoms with Gasteiger partial charge in [-0.05, 0) is 24.3 Å². The number of hydrogen-bond acceptors (Lipinski definition) is 5. The zero-order chi connectivity index (χ0) is 17.6. The highest BCUT2D eigenvalue weighted by Crippen LogP contribution is 2.20. The van der Waals surface area contributed by atoms with E-state index in [9.17, 15) is 14.0 Å². The maximum Gasteiger partial charge on any atom is 0.340 e. The smallest absolute Gasteiger partial charge is 0.340 e. The van der Waals surface area contributed by atoms with Crippen molar-refractivity contribution in [2.75, 3.05) is 37.7 Å². The van der Waals surface area contributed by atoms with Crippen LogP contribution in [0.3, 0.4) is 0 Å². The fraction of sp³-hybridized carbons (Fsp3) is 0.278. The van der Waals surface area contributed by atoms with Crippen molar-refractivity contribution < 1.29 is 18.7 Å². The van der Waals surface area contributed by atoms with Crippen molar-refractivity contribution in [3.63, 3.8) is 0 Å². The molecule has 2 aromatic rings. The van der Waals surface area contributed by atoms with Crippen molar-refractivity contribution in [2.45, 2.75) is 0 Å². The Hall–Kier alpha value is -2.96. The first-order valence-corrected chi connectivity index (χ1v) is 7.99. The summed E-state index contributed by atoms with van der Waals surface area (Å²) in [5.74, 6) is -1.11. The molecule has 1 amide bonds. The third kappa shape index (κ3) is 4.12. The first kappa shape index (κ1) is 16.9. The number of rotatable bonds is 4. The third-order valence-corrected chi connectivity index (χ3v) is 4.05. The topological polar surface area (TPSA) is 62.7 Å². The normalized spacial score (nSPS) is 14.3. The van der Waals surface area contributed by atoms with Crippen LogP contribution in [0.15, 0.2) is 48.8 Å². The number of benzene rings is 1. The maximum absolute atomic E-state index is 13.8. The summed E-state index contributed by atoms with van der Waals surface area (Å²) in [5.41, 5.74) is 0.845. The molecule has 25 heavy (non-hydrogen) atoms. The van der Waals surface area contributed by atoms with E-state index in [1.54, 1.807) is 41.4 Å². The monoisotopic (exact) mass is 343 g/mol. The van der Waals surface area contributed by atoms with Gasteiger partial charge in [-0.15, -0.1) is 0 Å². The standard InChI is InChI=1S/C18H18FN3O3/c19-15-5-1-2-6-16(15)21-8-10-22(11-9-21)17(23)13-25-18(24)14-4-3-7-20-12-14/h1-7,12H,8-11,13H2. The number of amides is 1. The number of halogens is 1. The summed E-state index contributed by atoms with van der Waals surface area (Å²) in [7, 11) is 0. The number of anilines is 1. The highest BCUT2D eigenvalue weighted by Gasteiger charge is 2.23. The van der Waals surface area contributed by atoms with Crippen molar-refractivity contribution in [1.82, 2.24) is 9.88 Å². The van der Waals surface area contributed by atoms with Gasteiger partial charge >= 0.3 is 5.97 Å². The SMILES string of the molecule is O=C(OCC(=O)N1CCN(c2ccccc2F)CC1)c1cccnc1. The van der Waals surface area contributed by atoms with Crippen molar-refractivity contribution in [3.05, 3.63) is 60.2 Å². The van der Waals surface area contributed by atoms with Crippen molar-refractivity contribution >= 4 is 17.6 Å². The number of para-hydroxylation sites is 1. The van der Waals surface area contributed by atoms with Gasteiger partial charge in [-0.2, -0.15) is 0 Å². The summed E-state index contributed by atoms with van der Waals surface area (Å²) in [6, 6.07) is 9.78. The van der Waals surface area contributed by atoms with Crippen molar-refractivity contribution in [1.29, 1.82) is 0 Å². The Morgan fingerprint density at radius 3 is 2.52 bits per heavy atom. The van der Waals surface area contributed by atoms with Crippen LogP contribution in [0.4, 0.5) is 10.1 Å². The predicted octanol–water partition coefficient (Wildman–Crippen LogP) is 1.73. The van der Waals surface area contributed by atoms with Gasteiger partial charge in [0.1, 0.15) is 5.82 Å². The summed E-state index contributed by atoms with van der Waals surface area (Å²) in [4.78, 5) is 31.4. The average molecular weight is 343 g/mol. The summed E-state index contributed by atoms with van der Waals surface area (Å²) in [6.45, 7) is 1.66. The van der Waals surface area contributed by atoms with Crippen LogP contribution in [0.5, 0.6) is 0 Å². The minimum Gasteiger partial charge on any atom is -0.452 e. The molecule has 3 rings (SSSR count). The summed E-state index contributed by atoms with van der Waals surface area (Å²) < 4.78 is 18.8. The molecule has 1 fully saturated rings. The van der Waals surface area contributed by atoms with E-state index in [0.717, 1.165) is 0 Å². The number of pyridine rings is 1. The van der Waals surface area contributed by atoms with Crippen LogP contribution in [0, 0.1) is 5.82 Å². The Kier molecular flexibility index (Phi) is 5.23. The first-order chi connectivity index (χ1) is 12.1. The third-order valence-electron chi connectivity index (χ3n) is 4.05. The fourth-order valence-corrected chi connectivity index (χ4v) is 2.69. The molecule has 0 spiro atoms. The Morgan fingerprint density at radius 1 is 1.08 bits per heavy atom. The van der Waals surface area contributed by atoms with Crippen molar-refractivity contribution in [2.24, 2.45) is 0 Å². The van der Waals surface area contributed by atoms with E-state index < -0.39 is 5.97 Å². The van der Waals surface area contributed by atoms with Crippen molar-refractivity contribution in [3.8, 4) is 0 Å². The van der Waals surface area contributed by atoms with Gasteiger partial charge in [0.05, 0.1) is 11.3 Å². The molecule has 0 unspecified atom stereocenters. The largest absolute Gasteiger partial charge is 0.452 e. The van der Waals surface area contributed by atoms with Crippen LogP contribution < -0.4 is 4.90 Å². The number of carbonyl (C=O) groups excluding carboxylic acids is 2. The lowest BCUT2D eigenvalue weighted by Crippen LogP contribution is -2.50. The molecule has 7 heteroatoms. The van der Waals surface area contributed by atoms with E-state index >= 15 is 0 Å². The van der Waals surface area contributed by atoms with Crippen LogP contribution in [-0.4, -0.2) is 54.5 Å². The van der Waals surface area contributed by atoms with E-state index in [4.69, 9.17) is 4.74 Å². The summed E-state index contributed by atoms with van der Waals surface area (Å²) in [6.07, 6.45) is 2.94. The summed E-state index contributed by atoms with van der Waals surface area (Å²) >= 11 is 0. The van der Waals surface area contributed by atoms with Gasteiger partial charge in [0.15, 0.2) is 6.61 Å². The Morgan fingerprint density at radius 2 is 1.84 bits per heavy atom. The molecule has 0 radical (unpaired) electrons. The van der Waals surface area contributed by atoms with Gasteiger partial charge in [-0.3, -0.25) is 9.78 Å². The van der Waals surface area contributed by atoms with Crippen LogP contribution >= 0.6 is 0 Å². The van der Waals surface area contributed by atoms with E-state index in [1.165, 1.54) is 12.3 Å². The number of aromatic nitrogens is 1. The van der Waals surface area contributed by atoms with E-state index in [0.29, 0.717) is 37.4 Å². The molecule has 130 valence electrons. The fourth-order valence-electron chi connectivity index (χ4n) is 2.69. The number of esters is 1. The molecule has 0 atom stereocenters. The second-order valence-electron chi connectivity index (χ2n) is 5.64. The van der Waals surface area contributed by atoms with E-state index in [2.05, 4.69) is 4.98 Å². The molecule has 0 N–H and O–H groups in total. The van der Waals surface area contributed by atoms with Gasteiger partial charge in [0.25, 0.3) is 5.91 Å². The van der Waals surface area contributed by atoms with Gasteiger partial charge in [0.2, 0.25) is 0 Å². The molecule has 0 bridgehead atoms. The number of ether oxygens (including phenoxy) is 1. The molecule has 1 aromatic heterocycles. The molecular weight excluding hydrogens is 325 g/mol. The lowest BCUT2D eigenvalue weighted by molar-refractivity contribution is -0.134. The zero-order valence-electron chi connectivity index (χ0n) is 13.6. The van der Waals surface area contributed by atoms with Crippen LogP contribution in [-0.2, 0) is 9.53 Å². The predicted molar refractivity (Wildman–Crippen MR) is 89.7 cm³/mol. The molecule has 0 saturated carbocycles. The first-order valence-electron chi connectivity index (χ1n) is 7.99. The number of piperazine rings is 1. The highest BCUT2D eigenvalue weighted by molar-refractivity contribution is 5.91. The molecule has 1 aromatic carbocycles. The number of nitrogens with zero attached hydrogens (tertiary/aromatic N) is 3. The Labute approximate surface area is 144 Å². The summed E-state index contributed by atoms with van der Waals surface area (Å²) in [5, 5.41) is 0. The van der Waals surface area contributed by atoms with Gasteiger partial charge < -0.3 is 14.5 Å². The molecule has 6 nitrogen and oxygen atoms in total. The lowest BCUT2D eigenvalue weighted by atomic mass is 10.2. The molecular formula is C18H18FN3O3. The van der Waals surface area contributed by atoms with Crippen LogP contribution in [0.1, 0.15) is 10.4 Å². The molecule has 1 saturated heterocycles. The number of carbonyl (C=O) groups is 2. The minimum absolute atomic E-state index is 0.259. The maximum atomic E-state index is 13.8. The van der Waals surface area contributed by atoms with Crippen LogP contribution in [0.25, 0.3) is 0 Å². The highest BCUT2D eigenvalue weighted by atomic mass is 19.1. The Balaban J connectivity index is 1.49. The Bertz CT molecular complexity index is 746. The quantitative estimate of drug-likeness (QED) is 0.791. The van der Waals surface area contributed by atoms with Crippen LogP contribution in [0.2, 0.25) is 0 Å². The van der Waals surface area contributed by atoms with Gasteiger partial charge in [0, 0.05) is 38.6 Å². The van der Waals surface area contributed by atoms with Gasteiger partial charge in [-0.1, -0.05) is 12.1 Å². The second kappa shape index (κ2) is 7.74. The molecule has 0 aliphatic carbocycles. The number of hydrogen-bond donors (Lipinski definition) is 0. The minimum atomic E-state index is -0.577. The van der Waals surface area contributed by atoms with Gasteiger partial charge in [-0.25, -0.2) is 9.18 Å². The molecule has 1 aliphatic rings. The lowest BCUT2D eigenvalue weighted by Gasteiger charge is -2.36. The zero-order valence-corrected chi connectivity index (χ0v) is 13.6. The second-order valence-corrected chi connectivity index (χ2v) is 5.64. The van der Waals surface area contributed by atoms with E-state index in [1.807, 2.05) is 4.90 Å².